The van der Waals surface area contributed by atoms with E-state index in [1.54, 1.807) is 4.90 Å². The zero-order chi connectivity index (χ0) is 13.0. The van der Waals surface area contributed by atoms with Crippen molar-refractivity contribution in [1.82, 2.24) is 10.2 Å². The van der Waals surface area contributed by atoms with Gasteiger partial charge in [0.25, 0.3) is 0 Å². The molecule has 1 unspecified atom stereocenters. The highest BCUT2D eigenvalue weighted by molar-refractivity contribution is 9.10. The highest BCUT2D eigenvalue weighted by atomic mass is 79.9. The molecule has 1 N–H and O–H groups in total. The van der Waals surface area contributed by atoms with Crippen molar-refractivity contribution in [3.8, 4) is 0 Å². The molecule has 0 radical (unpaired) electrons. The van der Waals surface area contributed by atoms with Gasteiger partial charge >= 0.3 is 6.09 Å². The predicted molar refractivity (Wildman–Crippen MR) is 70.2 cm³/mol. The molecule has 1 atom stereocenters. The smallest absolute Gasteiger partial charge is 0.409 e. The maximum atomic E-state index is 11.5. The summed E-state index contributed by atoms with van der Waals surface area (Å²) >= 11 is 3.27. The van der Waals surface area contributed by atoms with Crippen molar-refractivity contribution in [3.63, 3.8) is 0 Å². The van der Waals surface area contributed by atoms with Crippen LogP contribution in [0.2, 0.25) is 0 Å². The van der Waals surface area contributed by atoms with Crippen LogP contribution in [0.15, 0.2) is 21.2 Å². The number of furan rings is 1. The standard InChI is InChI=1S/C12H17BrN2O3/c1-2-17-12(16)15-6-5-9(8-15)14-7-10-3-4-11(13)18-10/h3-4,9,14H,2,5-8H2,1H3. The summed E-state index contributed by atoms with van der Waals surface area (Å²) in [6, 6.07) is 4.10. The fourth-order valence-electron chi connectivity index (χ4n) is 2.00. The van der Waals surface area contributed by atoms with Crippen LogP contribution >= 0.6 is 15.9 Å². The van der Waals surface area contributed by atoms with Gasteiger partial charge in [0.05, 0.1) is 13.2 Å². The Morgan fingerprint density at radius 1 is 1.67 bits per heavy atom. The van der Waals surface area contributed by atoms with Gasteiger partial charge in [0.15, 0.2) is 4.67 Å². The molecule has 1 saturated heterocycles. The molecule has 1 aromatic rings. The molecule has 0 saturated carbocycles. The van der Waals surface area contributed by atoms with Gasteiger partial charge in [-0.2, -0.15) is 0 Å². The van der Waals surface area contributed by atoms with E-state index in [0.29, 0.717) is 25.7 Å². The highest BCUT2D eigenvalue weighted by Gasteiger charge is 2.26. The number of halogens is 1. The number of amides is 1. The zero-order valence-electron chi connectivity index (χ0n) is 10.3. The first-order valence-corrected chi connectivity index (χ1v) is 6.87. The van der Waals surface area contributed by atoms with Crippen LogP contribution in [0.3, 0.4) is 0 Å². The number of carbonyl (C=O) groups is 1. The van der Waals surface area contributed by atoms with Crippen molar-refractivity contribution < 1.29 is 13.9 Å². The number of ether oxygens (including phenoxy) is 1. The van der Waals surface area contributed by atoms with Crippen molar-refractivity contribution in [2.24, 2.45) is 0 Å². The quantitative estimate of drug-likeness (QED) is 0.926. The Morgan fingerprint density at radius 2 is 2.50 bits per heavy atom. The molecule has 0 spiro atoms. The Kier molecular flexibility index (Phi) is 4.66. The SMILES string of the molecule is CCOC(=O)N1CCC(NCc2ccc(Br)o2)C1. The van der Waals surface area contributed by atoms with E-state index in [1.807, 2.05) is 19.1 Å². The topological polar surface area (TPSA) is 54.7 Å². The Hall–Kier alpha value is -1.01. The van der Waals surface area contributed by atoms with E-state index >= 15 is 0 Å². The number of rotatable bonds is 4. The fraction of sp³-hybridized carbons (Fsp3) is 0.583. The van der Waals surface area contributed by atoms with Gasteiger partial charge in [-0.1, -0.05) is 0 Å². The molecule has 1 fully saturated rings. The summed E-state index contributed by atoms with van der Waals surface area (Å²) in [4.78, 5) is 13.3. The third-order valence-electron chi connectivity index (χ3n) is 2.91. The summed E-state index contributed by atoms with van der Waals surface area (Å²) in [6.45, 7) is 4.36. The molecule has 2 rings (SSSR count). The van der Waals surface area contributed by atoms with Crippen LogP contribution < -0.4 is 5.32 Å². The molecule has 0 aliphatic carbocycles. The van der Waals surface area contributed by atoms with Crippen LogP contribution in [0.4, 0.5) is 4.79 Å². The summed E-state index contributed by atoms with van der Waals surface area (Å²) in [5, 5.41) is 3.37. The van der Waals surface area contributed by atoms with Crippen LogP contribution in [0.5, 0.6) is 0 Å². The summed E-state index contributed by atoms with van der Waals surface area (Å²) in [6.07, 6.45) is 0.725. The monoisotopic (exact) mass is 316 g/mol. The number of likely N-dealkylation sites (tertiary alicyclic amines) is 1. The molecule has 18 heavy (non-hydrogen) atoms. The third-order valence-corrected chi connectivity index (χ3v) is 3.33. The number of hydrogen-bond acceptors (Lipinski definition) is 4. The van der Waals surface area contributed by atoms with Crippen molar-refractivity contribution in [1.29, 1.82) is 0 Å². The van der Waals surface area contributed by atoms with E-state index in [2.05, 4.69) is 21.2 Å². The molecular formula is C12H17BrN2O3. The van der Waals surface area contributed by atoms with E-state index in [0.717, 1.165) is 23.4 Å². The summed E-state index contributed by atoms with van der Waals surface area (Å²) < 4.78 is 11.1. The van der Waals surface area contributed by atoms with Gasteiger partial charge in [0.1, 0.15) is 5.76 Å². The number of hydrogen-bond donors (Lipinski definition) is 1. The van der Waals surface area contributed by atoms with Crippen molar-refractivity contribution in [2.45, 2.75) is 25.9 Å². The average molecular weight is 317 g/mol. The Balaban J connectivity index is 1.74. The molecule has 1 aromatic heterocycles. The van der Waals surface area contributed by atoms with Gasteiger partial charge in [-0.15, -0.1) is 0 Å². The van der Waals surface area contributed by atoms with E-state index in [1.165, 1.54) is 0 Å². The minimum atomic E-state index is -0.220. The van der Waals surface area contributed by atoms with E-state index in [-0.39, 0.29) is 6.09 Å². The second kappa shape index (κ2) is 6.24. The first-order valence-electron chi connectivity index (χ1n) is 6.08. The second-order valence-corrected chi connectivity index (χ2v) is 5.00. The van der Waals surface area contributed by atoms with Crippen LogP contribution in [-0.2, 0) is 11.3 Å². The number of carbonyl (C=O) groups excluding carboxylic acids is 1. The van der Waals surface area contributed by atoms with Crippen LogP contribution in [0.25, 0.3) is 0 Å². The minimum absolute atomic E-state index is 0.220. The van der Waals surface area contributed by atoms with Gasteiger partial charge in [-0.25, -0.2) is 4.79 Å². The maximum Gasteiger partial charge on any atom is 0.409 e. The number of nitrogens with zero attached hydrogens (tertiary/aromatic N) is 1. The lowest BCUT2D eigenvalue weighted by atomic mass is 10.2. The zero-order valence-corrected chi connectivity index (χ0v) is 11.9. The van der Waals surface area contributed by atoms with Gasteiger partial charge < -0.3 is 19.4 Å². The van der Waals surface area contributed by atoms with Crippen LogP contribution in [-0.4, -0.2) is 36.7 Å². The molecule has 1 aliphatic rings. The van der Waals surface area contributed by atoms with Gasteiger partial charge in [0.2, 0.25) is 0 Å². The number of nitrogens with one attached hydrogen (secondary N) is 1. The summed E-state index contributed by atoms with van der Waals surface area (Å²) in [7, 11) is 0. The maximum absolute atomic E-state index is 11.5. The van der Waals surface area contributed by atoms with Crippen molar-refractivity contribution in [3.05, 3.63) is 22.6 Å². The summed E-state index contributed by atoms with van der Waals surface area (Å²) in [5.74, 6) is 0.886. The highest BCUT2D eigenvalue weighted by Crippen LogP contribution is 2.15. The van der Waals surface area contributed by atoms with Crippen molar-refractivity contribution >= 4 is 22.0 Å². The first-order chi connectivity index (χ1) is 8.69. The molecular weight excluding hydrogens is 300 g/mol. The Labute approximate surface area is 115 Å². The van der Waals surface area contributed by atoms with Gasteiger partial charge in [-0.3, -0.25) is 0 Å². The largest absolute Gasteiger partial charge is 0.453 e. The lowest BCUT2D eigenvalue weighted by Gasteiger charge is -2.16. The molecule has 100 valence electrons. The van der Waals surface area contributed by atoms with E-state index < -0.39 is 0 Å². The minimum Gasteiger partial charge on any atom is -0.453 e. The lowest BCUT2D eigenvalue weighted by Crippen LogP contribution is -2.35. The average Bonchev–Trinajstić information content (AvgIpc) is 2.95. The lowest BCUT2D eigenvalue weighted by molar-refractivity contribution is 0.115. The predicted octanol–water partition coefficient (Wildman–Crippen LogP) is 2.36. The van der Waals surface area contributed by atoms with Crippen LogP contribution in [0.1, 0.15) is 19.1 Å². The molecule has 0 aromatic carbocycles. The molecule has 5 nitrogen and oxygen atoms in total. The third kappa shape index (κ3) is 3.49. The Bertz CT molecular complexity index is 408. The Morgan fingerprint density at radius 3 is 3.17 bits per heavy atom. The van der Waals surface area contributed by atoms with Crippen molar-refractivity contribution in [2.75, 3.05) is 19.7 Å². The normalized spacial score (nSPS) is 19.2. The fourth-order valence-corrected chi connectivity index (χ4v) is 2.34. The van der Waals surface area contributed by atoms with Crippen LogP contribution in [0, 0.1) is 0 Å². The molecule has 2 heterocycles. The molecule has 6 heteroatoms. The second-order valence-electron chi connectivity index (χ2n) is 4.22. The molecule has 1 aliphatic heterocycles. The van der Waals surface area contributed by atoms with Gasteiger partial charge in [-0.05, 0) is 41.4 Å². The summed E-state index contributed by atoms with van der Waals surface area (Å²) in [5.41, 5.74) is 0. The molecule has 0 bridgehead atoms. The first kappa shape index (κ1) is 13.4. The molecule has 1 amide bonds. The van der Waals surface area contributed by atoms with E-state index in [9.17, 15) is 4.79 Å². The van der Waals surface area contributed by atoms with Gasteiger partial charge in [0, 0.05) is 19.1 Å². The van der Waals surface area contributed by atoms with E-state index in [4.69, 9.17) is 9.15 Å².